The fourth-order valence-corrected chi connectivity index (χ4v) is 0.942. The van der Waals surface area contributed by atoms with Gasteiger partial charge in [-0.05, 0) is 25.8 Å². The maximum atomic E-state index is 10.6. The Labute approximate surface area is 65.7 Å². The zero-order valence-corrected chi connectivity index (χ0v) is 6.76. The van der Waals surface area contributed by atoms with E-state index in [4.69, 9.17) is 9.84 Å². The molecule has 62 valence electrons. The predicted octanol–water partition coefficient (Wildman–Crippen LogP) is 1.54. The second-order valence-corrected chi connectivity index (χ2v) is 3.12. The van der Waals surface area contributed by atoms with E-state index < -0.39 is 11.6 Å². The molecule has 0 radical (unpaired) electrons. The lowest BCUT2D eigenvalue weighted by Crippen LogP contribution is -2.38. The van der Waals surface area contributed by atoms with Gasteiger partial charge >= 0.3 is 5.97 Å². The fourth-order valence-electron chi connectivity index (χ4n) is 0.942. The minimum atomic E-state index is -1.00. The molecule has 3 nitrogen and oxygen atoms in total. The molecular weight excluding hydrogens is 144 g/mol. The average molecular weight is 156 g/mol. The molecule has 0 saturated heterocycles. The van der Waals surface area contributed by atoms with Gasteiger partial charge in [0, 0.05) is 6.42 Å². The molecule has 0 fully saturated rings. The summed E-state index contributed by atoms with van der Waals surface area (Å²) in [5.74, 6) is -0.888. The number of carboxylic acids is 1. The maximum absolute atomic E-state index is 10.6. The third kappa shape index (κ3) is 1.53. The summed E-state index contributed by atoms with van der Waals surface area (Å²) in [7, 11) is 0. The first kappa shape index (κ1) is 8.11. The fraction of sp³-hybridized carbons (Fsp3) is 0.625. The smallest absolute Gasteiger partial charge is 0.347 e. The Morgan fingerprint density at radius 1 is 1.82 bits per heavy atom. The monoisotopic (exact) mass is 156 g/mol. The van der Waals surface area contributed by atoms with Crippen LogP contribution >= 0.6 is 0 Å². The summed E-state index contributed by atoms with van der Waals surface area (Å²) in [6, 6.07) is 0. The molecule has 0 aromatic rings. The number of allylic oxidation sites excluding steroid dienone is 1. The number of carboxylic acid groups (broad SMARTS) is 1. The van der Waals surface area contributed by atoms with Crippen LogP contribution in [0.2, 0.25) is 0 Å². The van der Waals surface area contributed by atoms with Crippen molar-refractivity contribution in [3.63, 3.8) is 0 Å². The molecule has 1 N–H and O–H groups in total. The first-order valence-electron chi connectivity index (χ1n) is 3.61. The van der Waals surface area contributed by atoms with Crippen molar-refractivity contribution in [2.45, 2.75) is 32.3 Å². The molecule has 0 unspecified atom stereocenters. The molecule has 0 saturated carbocycles. The van der Waals surface area contributed by atoms with Crippen LogP contribution < -0.4 is 0 Å². The summed E-state index contributed by atoms with van der Waals surface area (Å²) >= 11 is 0. The van der Waals surface area contributed by atoms with Gasteiger partial charge in [-0.3, -0.25) is 0 Å². The number of carbonyl (C=O) groups is 1. The van der Waals surface area contributed by atoms with E-state index in [2.05, 4.69) is 0 Å². The summed E-state index contributed by atoms with van der Waals surface area (Å²) in [6.07, 6.45) is 2.91. The van der Waals surface area contributed by atoms with Crippen molar-refractivity contribution in [1.29, 1.82) is 0 Å². The Balaban J connectivity index is 2.71. The quantitative estimate of drug-likeness (QED) is 0.626. The highest BCUT2D eigenvalue weighted by atomic mass is 16.5. The number of aliphatic carboxylic acids is 1. The largest absolute Gasteiger partial charge is 0.484 e. The molecule has 0 amide bonds. The topological polar surface area (TPSA) is 46.5 Å². The Kier molecular flexibility index (Phi) is 1.89. The van der Waals surface area contributed by atoms with Crippen LogP contribution in [0.25, 0.3) is 0 Å². The van der Waals surface area contributed by atoms with E-state index in [1.165, 1.54) is 6.26 Å². The summed E-state index contributed by atoms with van der Waals surface area (Å²) in [5.41, 5.74) is 0.100. The molecule has 3 heteroatoms. The van der Waals surface area contributed by atoms with Gasteiger partial charge in [0.05, 0.1) is 6.26 Å². The number of hydrogen-bond donors (Lipinski definition) is 1. The minimum Gasteiger partial charge on any atom is -0.484 e. The van der Waals surface area contributed by atoms with Crippen LogP contribution in [0.3, 0.4) is 0 Å². The lowest BCUT2D eigenvalue weighted by Gasteiger charge is -2.28. The van der Waals surface area contributed by atoms with Gasteiger partial charge in [-0.25, -0.2) is 4.79 Å². The molecule has 1 atom stereocenters. The van der Waals surface area contributed by atoms with Crippen molar-refractivity contribution in [3.05, 3.63) is 11.8 Å². The summed E-state index contributed by atoms with van der Waals surface area (Å²) in [5, 5.41) is 8.73. The highest BCUT2D eigenvalue weighted by Crippen LogP contribution is 2.26. The third-order valence-corrected chi connectivity index (χ3v) is 1.97. The van der Waals surface area contributed by atoms with Crippen LogP contribution in [0.4, 0.5) is 0 Å². The van der Waals surface area contributed by atoms with Crippen LogP contribution in [0, 0.1) is 0 Å². The van der Waals surface area contributed by atoms with Crippen molar-refractivity contribution in [1.82, 2.24) is 0 Å². The van der Waals surface area contributed by atoms with Crippen molar-refractivity contribution < 1.29 is 14.6 Å². The van der Waals surface area contributed by atoms with Gasteiger partial charge in [0.15, 0.2) is 0 Å². The molecule has 1 aliphatic heterocycles. The van der Waals surface area contributed by atoms with Crippen LogP contribution in [-0.4, -0.2) is 16.7 Å². The van der Waals surface area contributed by atoms with Gasteiger partial charge in [-0.2, -0.15) is 0 Å². The molecule has 11 heavy (non-hydrogen) atoms. The lowest BCUT2D eigenvalue weighted by atomic mass is 9.95. The van der Waals surface area contributed by atoms with Crippen LogP contribution in [0.1, 0.15) is 26.7 Å². The Morgan fingerprint density at radius 2 is 2.45 bits per heavy atom. The summed E-state index contributed by atoms with van der Waals surface area (Å²) < 4.78 is 5.08. The van der Waals surface area contributed by atoms with Crippen molar-refractivity contribution in [3.8, 4) is 0 Å². The first-order valence-corrected chi connectivity index (χ1v) is 3.61. The molecule has 0 bridgehead atoms. The van der Waals surface area contributed by atoms with E-state index in [1.54, 1.807) is 6.92 Å². The standard InChI is InChI=1S/C8H12O3/c1-6-3-4-8(2,7(9)10)11-5-6/h5H,3-4H2,1-2H3,(H,9,10)/t8-/m1/s1. The number of hydrogen-bond acceptors (Lipinski definition) is 2. The highest BCUT2D eigenvalue weighted by molar-refractivity contribution is 5.77. The van der Waals surface area contributed by atoms with Crippen LogP contribution in [-0.2, 0) is 9.53 Å². The van der Waals surface area contributed by atoms with Gasteiger partial charge in [0.1, 0.15) is 0 Å². The van der Waals surface area contributed by atoms with Gasteiger partial charge < -0.3 is 9.84 Å². The first-order chi connectivity index (χ1) is 5.04. The molecule has 1 rings (SSSR count). The van der Waals surface area contributed by atoms with E-state index in [1.807, 2.05) is 6.92 Å². The van der Waals surface area contributed by atoms with Crippen LogP contribution in [0.15, 0.2) is 11.8 Å². The van der Waals surface area contributed by atoms with Crippen molar-refractivity contribution in [2.75, 3.05) is 0 Å². The predicted molar refractivity (Wildman–Crippen MR) is 40.1 cm³/mol. The second-order valence-electron chi connectivity index (χ2n) is 3.12. The van der Waals surface area contributed by atoms with Crippen molar-refractivity contribution in [2.24, 2.45) is 0 Å². The van der Waals surface area contributed by atoms with Gasteiger partial charge in [0.2, 0.25) is 5.60 Å². The second kappa shape index (κ2) is 2.57. The normalized spacial score (nSPS) is 30.5. The molecule has 1 heterocycles. The molecule has 0 aliphatic carbocycles. The average Bonchev–Trinajstić information content (AvgIpc) is 1.95. The van der Waals surface area contributed by atoms with Gasteiger partial charge in [-0.15, -0.1) is 0 Å². The zero-order chi connectivity index (χ0) is 8.48. The molecule has 1 aliphatic rings. The molecular formula is C8H12O3. The maximum Gasteiger partial charge on any atom is 0.347 e. The Bertz CT molecular complexity index is 207. The molecule has 0 aromatic carbocycles. The van der Waals surface area contributed by atoms with E-state index in [9.17, 15) is 4.79 Å². The molecule has 0 aromatic heterocycles. The summed E-state index contributed by atoms with van der Waals surface area (Å²) in [6.45, 7) is 3.53. The SMILES string of the molecule is CC1=CO[C@@](C)(C(=O)O)CC1. The number of rotatable bonds is 1. The highest BCUT2D eigenvalue weighted by Gasteiger charge is 2.35. The Hall–Kier alpha value is -0.990. The zero-order valence-electron chi connectivity index (χ0n) is 6.76. The van der Waals surface area contributed by atoms with E-state index in [0.717, 1.165) is 12.0 Å². The van der Waals surface area contributed by atoms with Gasteiger partial charge in [-0.1, -0.05) is 0 Å². The van der Waals surface area contributed by atoms with E-state index >= 15 is 0 Å². The minimum absolute atomic E-state index is 0.560. The Morgan fingerprint density at radius 3 is 2.82 bits per heavy atom. The van der Waals surface area contributed by atoms with Crippen LogP contribution in [0.5, 0.6) is 0 Å². The third-order valence-electron chi connectivity index (χ3n) is 1.97. The summed E-state index contributed by atoms with van der Waals surface area (Å²) in [4.78, 5) is 10.6. The van der Waals surface area contributed by atoms with E-state index in [0.29, 0.717) is 6.42 Å². The molecule has 0 spiro atoms. The number of ether oxygens (including phenoxy) is 1. The van der Waals surface area contributed by atoms with Crippen molar-refractivity contribution >= 4 is 5.97 Å². The lowest BCUT2D eigenvalue weighted by molar-refractivity contribution is -0.159. The van der Waals surface area contributed by atoms with Gasteiger partial charge in [0.25, 0.3) is 0 Å². The van der Waals surface area contributed by atoms with E-state index in [-0.39, 0.29) is 0 Å².